The normalized spacial score (nSPS) is 11.5. The summed E-state index contributed by atoms with van der Waals surface area (Å²) in [7, 11) is 0. The van der Waals surface area contributed by atoms with Crippen molar-refractivity contribution in [3.63, 3.8) is 0 Å². The molecule has 0 aliphatic heterocycles. The summed E-state index contributed by atoms with van der Waals surface area (Å²) in [5.74, 6) is 0.393. The molecule has 0 saturated carbocycles. The highest BCUT2D eigenvalue weighted by molar-refractivity contribution is 5.95. The van der Waals surface area contributed by atoms with Gasteiger partial charge in [-0.1, -0.05) is 23.4 Å². The number of oxime groups is 1. The molecule has 7 nitrogen and oxygen atoms in total. The molecule has 7 heteroatoms. The smallest absolute Gasteiger partial charge is 0.322 e. The molecule has 3 rings (SSSR count). The average Bonchev–Trinajstić information content (AvgIpc) is 2.54. The van der Waals surface area contributed by atoms with Gasteiger partial charge in [0.05, 0.1) is 11.7 Å². The van der Waals surface area contributed by atoms with E-state index in [1.807, 2.05) is 30.3 Å². The lowest BCUT2D eigenvalue weighted by atomic mass is 10.2. The van der Waals surface area contributed by atoms with E-state index < -0.39 is 0 Å². The fraction of sp³-hybridized carbons (Fsp3) is 0. The van der Waals surface area contributed by atoms with E-state index in [-0.39, 0.29) is 17.5 Å². The molecule has 3 N–H and O–H groups in total. The van der Waals surface area contributed by atoms with Crippen LogP contribution in [-0.2, 0) is 0 Å². The molecule has 0 unspecified atom stereocenters. The third-order valence-corrected chi connectivity index (χ3v) is 2.78. The topological polar surface area (TPSA) is 107 Å². The molecule has 2 heterocycles. The van der Waals surface area contributed by atoms with Crippen LogP contribution in [0.15, 0.2) is 53.9 Å². The third-order valence-electron chi connectivity index (χ3n) is 2.78. The van der Waals surface area contributed by atoms with E-state index in [1.165, 1.54) is 12.3 Å². The number of rotatable bonds is 3. The zero-order chi connectivity index (χ0) is 14.7. The quantitative estimate of drug-likeness (QED) is 0.329. The van der Waals surface area contributed by atoms with Gasteiger partial charge >= 0.3 is 6.01 Å². The highest BCUT2D eigenvalue weighted by Gasteiger charge is 2.06. The van der Waals surface area contributed by atoms with Crippen LogP contribution in [0.4, 0.5) is 0 Å². The Morgan fingerprint density at radius 1 is 1.19 bits per heavy atom. The molecular formula is C14H11N5O2. The number of hydrogen-bond acceptors (Lipinski definition) is 6. The molecule has 0 radical (unpaired) electrons. The lowest BCUT2D eigenvalue weighted by Gasteiger charge is -2.05. The summed E-state index contributed by atoms with van der Waals surface area (Å²) < 4.78 is 5.54. The van der Waals surface area contributed by atoms with E-state index >= 15 is 0 Å². The zero-order valence-corrected chi connectivity index (χ0v) is 10.8. The van der Waals surface area contributed by atoms with Crippen LogP contribution in [0.1, 0.15) is 5.69 Å². The average molecular weight is 281 g/mol. The molecule has 0 aliphatic carbocycles. The van der Waals surface area contributed by atoms with Crippen LogP contribution < -0.4 is 10.5 Å². The summed E-state index contributed by atoms with van der Waals surface area (Å²) in [4.78, 5) is 12.3. The van der Waals surface area contributed by atoms with E-state index in [1.54, 1.807) is 6.20 Å². The van der Waals surface area contributed by atoms with Gasteiger partial charge in [-0.2, -0.15) is 4.98 Å². The summed E-state index contributed by atoms with van der Waals surface area (Å²) in [6, 6.07) is 11.1. The number of hydrogen-bond donors (Lipinski definition) is 2. The summed E-state index contributed by atoms with van der Waals surface area (Å²) in [6.07, 6.45) is 3.05. The third kappa shape index (κ3) is 2.71. The highest BCUT2D eigenvalue weighted by atomic mass is 16.5. The first-order valence-corrected chi connectivity index (χ1v) is 6.10. The van der Waals surface area contributed by atoms with Crippen molar-refractivity contribution in [1.29, 1.82) is 0 Å². The van der Waals surface area contributed by atoms with Crippen LogP contribution in [0.25, 0.3) is 10.9 Å². The highest BCUT2D eigenvalue weighted by Crippen LogP contribution is 2.21. The van der Waals surface area contributed by atoms with E-state index in [2.05, 4.69) is 20.1 Å². The van der Waals surface area contributed by atoms with Gasteiger partial charge in [0.15, 0.2) is 5.84 Å². The second-order valence-electron chi connectivity index (χ2n) is 4.18. The van der Waals surface area contributed by atoms with Crippen molar-refractivity contribution in [2.75, 3.05) is 0 Å². The Morgan fingerprint density at radius 2 is 2.05 bits per heavy atom. The molecule has 0 fully saturated rings. The maximum Gasteiger partial charge on any atom is 0.322 e. The van der Waals surface area contributed by atoms with E-state index in [0.29, 0.717) is 5.75 Å². The molecule has 2 aromatic heterocycles. The van der Waals surface area contributed by atoms with Gasteiger partial charge in [-0.3, -0.25) is 4.98 Å². The molecular weight excluding hydrogens is 270 g/mol. The van der Waals surface area contributed by atoms with Crippen LogP contribution in [-0.4, -0.2) is 26.0 Å². The number of para-hydroxylation sites is 1. The maximum absolute atomic E-state index is 8.64. The molecule has 0 aliphatic rings. The number of benzene rings is 1. The number of aromatic nitrogens is 3. The lowest BCUT2D eigenvalue weighted by molar-refractivity contribution is 0.318. The zero-order valence-electron chi connectivity index (χ0n) is 10.8. The molecule has 0 amide bonds. The van der Waals surface area contributed by atoms with Gasteiger partial charge < -0.3 is 15.7 Å². The van der Waals surface area contributed by atoms with Gasteiger partial charge in [0.2, 0.25) is 0 Å². The number of nitrogens with two attached hydrogens (primary N) is 1. The minimum absolute atomic E-state index is 0.0937. The first kappa shape index (κ1) is 12.8. The van der Waals surface area contributed by atoms with Crippen molar-refractivity contribution in [3.05, 3.63) is 54.5 Å². The Bertz CT molecular complexity index is 819. The summed E-state index contributed by atoms with van der Waals surface area (Å²) in [5.41, 5.74) is 6.62. The number of amidine groups is 1. The van der Waals surface area contributed by atoms with E-state index in [0.717, 1.165) is 10.9 Å². The van der Waals surface area contributed by atoms with Gasteiger partial charge in [-0.25, -0.2) is 4.98 Å². The van der Waals surface area contributed by atoms with Crippen molar-refractivity contribution >= 4 is 16.7 Å². The first-order valence-electron chi connectivity index (χ1n) is 6.10. The van der Waals surface area contributed by atoms with Crippen molar-refractivity contribution in [2.24, 2.45) is 10.9 Å². The van der Waals surface area contributed by atoms with Crippen LogP contribution in [0.5, 0.6) is 11.8 Å². The SMILES string of the molecule is N/C(=N/O)c1ccnc(Oc2cnc3ccccc3c2)n1. The predicted octanol–water partition coefficient (Wildman–Crippen LogP) is 1.91. The van der Waals surface area contributed by atoms with E-state index in [9.17, 15) is 0 Å². The predicted molar refractivity (Wildman–Crippen MR) is 76.4 cm³/mol. The summed E-state index contributed by atoms with van der Waals surface area (Å²) >= 11 is 0. The van der Waals surface area contributed by atoms with Gasteiger partial charge in [-0.15, -0.1) is 0 Å². The fourth-order valence-electron chi connectivity index (χ4n) is 1.80. The molecule has 3 aromatic rings. The van der Waals surface area contributed by atoms with E-state index in [4.69, 9.17) is 15.7 Å². The second-order valence-corrected chi connectivity index (χ2v) is 4.18. The largest absolute Gasteiger partial charge is 0.423 e. The van der Waals surface area contributed by atoms with Crippen molar-refractivity contribution in [2.45, 2.75) is 0 Å². The minimum Gasteiger partial charge on any atom is -0.423 e. The Labute approximate surface area is 119 Å². The fourth-order valence-corrected chi connectivity index (χ4v) is 1.80. The first-order chi connectivity index (χ1) is 10.3. The molecule has 21 heavy (non-hydrogen) atoms. The Kier molecular flexibility index (Phi) is 3.30. The summed E-state index contributed by atoms with van der Waals surface area (Å²) in [5, 5.41) is 12.5. The van der Waals surface area contributed by atoms with Gasteiger partial charge in [0, 0.05) is 11.6 Å². The molecule has 0 spiro atoms. The molecule has 0 bridgehead atoms. The van der Waals surface area contributed by atoms with Crippen molar-refractivity contribution in [1.82, 2.24) is 15.0 Å². The lowest BCUT2D eigenvalue weighted by Crippen LogP contribution is -2.15. The molecule has 1 aromatic carbocycles. The summed E-state index contributed by atoms with van der Waals surface area (Å²) in [6.45, 7) is 0. The van der Waals surface area contributed by atoms with Crippen LogP contribution in [0, 0.1) is 0 Å². The standard InChI is InChI=1S/C14H11N5O2/c15-13(19-20)12-5-6-16-14(18-12)21-10-7-9-3-1-2-4-11(9)17-8-10/h1-8,20H,(H2,15,19). The molecule has 0 atom stereocenters. The van der Waals surface area contributed by atoms with Crippen LogP contribution >= 0.6 is 0 Å². The molecule has 104 valence electrons. The number of nitrogens with zero attached hydrogens (tertiary/aromatic N) is 4. The monoisotopic (exact) mass is 281 g/mol. The van der Waals surface area contributed by atoms with Gasteiger partial charge in [0.1, 0.15) is 11.4 Å². The second kappa shape index (κ2) is 5.41. The Morgan fingerprint density at radius 3 is 2.90 bits per heavy atom. The van der Waals surface area contributed by atoms with Crippen LogP contribution in [0.3, 0.4) is 0 Å². The number of pyridine rings is 1. The minimum atomic E-state index is -0.112. The Hall–Kier alpha value is -3.22. The molecule has 0 saturated heterocycles. The van der Waals surface area contributed by atoms with Gasteiger partial charge in [-0.05, 0) is 18.2 Å². The van der Waals surface area contributed by atoms with Gasteiger partial charge in [0.25, 0.3) is 0 Å². The maximum atomic E-state index is 8.64. The number of fused-ring (bicyclic) bond motifs is 1. The van der Waals surface area contributed by atoms with Crippen LogP contribution in [0.2, 0.25) is 0 Å². The Balaban J connectivity index is 1.91. The van der Waals surface area contributed by atoms with Crippen molar-refractivity contribution in [3.8, 4) is 11.8 Å². The number of ether oxygens (including phenoxy) is 1. The van der Waals surface area contributed by atoms with Crippen molar-refractivity contribution < 1.29 is 9.94 Å².